The van der Waals surface area contributed by atoms with Gasteiger partial charge in [0.15, 0.2) is 5.69 Å². The maximum atomic E-state index is 12.8. The summed E-state index contributed by atoms with van der Waals surface area (Å²) in [5.74, 6) is -1.27. The monoisotopic (exact) mass is 169 g/mol. The Balaban J connectivity index is 3.05. The molecular weight excluding hydrogens is 161 g/mol. The van der Waals surface area contributed by atoms with Gasteiger partial charge in [0.1, 0.15) is 0 Å². The number of hydrogen-bond acceptors (Lipinski definition) is 3. The average molecular weight is 169 g/mol. The summed E-state index contributed by atoms with van der Waals surface area (Å²) >= 11 is 0. The second kappa shape index (κ2) is 3.30. The van der Waals surface area contributed by atoms with E-state index in [2.05, 4.69) is 9.72 Å². The molecule has 12 heavy (non-hydrogen) atoms. The molecule has 0 aliphatic carbocycles. The number of pyridine rings is 1. The standard InChI is InChI=1S/C8H8FNO2/c1-5-3-4-6(8(11)12-2)10-7(5)9/h3-4H,1-2H3. The van der Waals surface area contributed by atoms with Crippen LogP contribution < -0.4 is 0 Å². The summed E-state index contributed by atoms with van der Waals surface area (Å²) in [5, 5.41) is 0. The molecule has 0 spiro atoms. The zero-order valence-corrected chi connectivity index (χ0v) is 6.80. The molecule has 0 atom stereocenters. The Morgan fingerprint density at radius 1 is 1.58 bits per heavy atom. The lowest BCUT2D eigenvalue weighted by molar-refractivity contribution is 0.0592. The van der Waals surface area contributed by atoms with Crippen molar-refractivity contribution in [1.29, 1.82) is 0 Å². The summed E-state index contributed by atoms with van der Waals surface area (Å²) in [6, 6.07) is 2.90. The molecular formula is C8H8FNO2. The molecule has 1 aromatic rings. The van der Waals surface area contributed by atoms with Crippen LogP contribution in [0.25, 0.3) is 0 Å². The lowest BCUT2D eigenvalue weighted by Crippen LogP contribution is -2.05. The molecule has 0 saturated heterocycles. The quantitative estimate of drug-likeness (QED) is 0.470. The summed E-state index contributed by atoms with van der Waals surface area (Å²) in [7, 11) is 1.22. The van der Waals surface area contributed by atoms with Crippen LogP contribution in [0, 0.1) is 12.9 Å². The normalized spacial score (nSPS) is 9.58. The highest BCUT2D eigenvalue weighted by atomic mass is 19.1. The maximum absolute atomic E-state index is 12.8. The van der Waals surface area contributed by atoms with Gasteiger partial charge in [0, 0.05) is 5.56 Å². The van der Waals surface area contributed by atoms with Crippen molar-refractivity contribution in [3.05, 3.63) is 29.3 Å². The van der Waals surface area contributed by atoms with E-state index >= 15 is 0 Å². The number of methoxy groups -OCH3 is 1. The van der Waals surface area contributed by atoms with E-state index in [0.29, 0.717) is 5.56 Å². The van der Waals surface area contributed by atoms with Crippen molar-refractivity contribution in [3.63, 3.8) is 0 Å². The number of hydrogen-bond donors (Lipinski definition) is 0. The van der Waals surface area contributed by atoms with Crippen LogP contribution in [-0.2, 0) is 4.74 Å². The first kappa shape index (κ1) is 8.64. The minimum Gasteiger partial charge on any atom is -0.464 e. The Morgan fingerprint density at radius 2 is 2.25 bits per heavy atom. The zero-order valence-electron chi connectivity index (χ0n) is 6.80. The first-order valence-electron chi connectivity index (χ1n) is 3.36. The number of aryl methyl sites for hydroxylation is 1. The van der Waals surface area contributed by atoms with Crippen molar-refractivity contribution in [1.82, 2.24) is 4.98 Å². The Labute approximate surface area is 69.2 Å². The molecule has 1 rings (SSSR count). The average Bonchev–Trinajstić information content (AvgIpc) is 2.08. The molecule has 0 aliphatic rings. The minimum absolute atomic E-state index is 0.0133. The predicted molar refractivity (Wildman–Crippen MR) is 40.3 cm³/mol. The smallest absolute Gasteiger partial charge is 0.356 e. The molecule has 1 aromatic heterocycles. The van der Waals surface area contributed by atoms with Crippen molar-refractivity contribution in [2.24, 2.45) is 0 Å². The molecule has 0 unspecified atom stereocenters. The van der Waals surface area contributed by atoms with Crippen molar-refractivity contribution < 1.29 is 13.9 Å². The van der Waals surface area contributed by atoms with Gasteiger partial charge in [-0.3, -0.25) is 0 Å². The van der Waals surface area contributed by atoms with Gasteiger partial charge in [0.25, 0.3) is 0 Å². The van der Waals surface area contributed by atoms with Gasteiger partial charge in [-0.2, -0.15) is 4.39 Å². The largest absolute Gasteiger partial charge is 0.464 e. The van der Waals surface area contributed by atoms with Gasteiger partial charge >= 0.3 is 5.97 Å². The van der Waals surface area contributed by atoms with Gasteiger partial charge in [-0.25, -0.2) is 9.78 Å². The molecule has 0 amide bonds. The number of rotatable bonds is 1. The lowest BCUT2D eigenvalue weighted by Gasteiger charge is -1.99. The summed E-state index contributed by atoms with van der Waals surface area (Å²) < 4.78 is 17.1. The SMILES string of the molecule is COC(=O)c1ccc(C)c(F)n1. The molecule has 64 valence electrons. The van der Waals surface area contributed by atoms with Crippen LogP contribution in [0.15, 0.2) is 12.1 Å². The third-order valence-corrected chi connectivity index (χ3v) is 1.43. The maximum Gasteiger partial charge on any atom is 0.356 e. The molecule has 3 nitrogen and oxygen atoms in total. The molecule has 0 radical (unpaired) electrons. The van der Waals surface area contributed by atoms with E-state index in [4.69, 9.17) is 0 Å². The summed E-state index contributed by atoms with van der Waals surface area (Å²) in [5.41, 5.74) is 0.392. The van der Waals surface area contributed by atoms with Gasteiger partial charge in [-0.15, -0.1) is 0 Å². The van der Waals surface area contributed by atoms with E-state index in [0.717, 1.165) is 0 Å². The van der Waals surface area contributed by atoms with E-state index < -0.39 is 11.9 Å². The van der Waals surface area contributed by atoms with Crippen molar-refractivity contribution >= 4 is 5.97 Å². The van der Waals surface area contributed by atoms with Crippen molar-refractivity contribution in [2.75, 3.05) is 7.11 Å². The highest BCUT2D eigenvalue weighted by molar-refractivity contribution is 5.86. The number of halogens is 1. The van der Waals surface area contributed by atoms with Crippen molar-refractivity contribution in [2.45, 2.75) is 6.92 Å². The van der Waals surface area contributed by atoms with E-state index in [1.165, 1.54) is 19.2 Å². The molecule has 0 N–H and O–H groups in total. The molecule has 0 aromatic carbocycles. The number of carbonyl (C=O) groups excluding carboxylic acids is 1. The van der Waals surface area contributed by atoms with Crippen LogP contribution in [0.1, 0.15) is 16.1 Å². The second-order valence-corrected chi connectivity index (χ2v) is 2.30. The van der Waals surface area contributed by atoms with Gasteiger partial charge in [-0.05, 0) is 13.0 Å². The third-order valence-electron chi connectivity index (χ3n) is 1.43. The number of carbonyl (C=O) groups is 1. The number of nitrogens with zero attached hydrogens (tertiary/aromatic N) is 1. The van der Waals surface area contributed by atoms with Crippen molar-refractivity contribution in [3.8, 4) is 0 Å². The van der Waals surface area contributed by atoms with Crippen LogP contribution >= 0.6 is 0 Å². The van der Waals surface area contributed by atoms with Crippen LogP contribution in [-0.4, -0.2) is 18.1 Å². The molecule has 1 heterocycles. The van der Waals surface area contributed by atoms with Gasteiger partial charge in [0.2, 0.25) is 5.95 Å². The van der Waals surface area contributed by atoms with Crippen LogP contribution in [0.4, 0.5) is 4.39 Å². The predicted octanol–water partition coefficient (Wildman–Crippen LogP) is 1.32. The fraction of sp³-hybridized carbons (Fsp3) is 0.250. The molecule has 4 heteroatoms. The van der Waals surface area contributed by atoms with E-state index in [1.54, 1.807) is 6.92 Å². The highest BCUT2D eigenvalue weighted by Crippen LogP contribution is 2.04. The third kappa shape index (κ3) is 1.58. The fourth-order valence-electron chi connectivity index (χ4n) is 0.722. The zero-order chi connectivity index (χ0) is 9.14. The summed E-state index contributed by atoms with van der Waals surface area (Å²) in [4.78, 5) is 14.2. The fourth-order valence-corrected chi connectivity index (χ4v) is 0.722. The first-order chi connectivity index (χ1) is 5.65. The Hall–Kier alpha value is -1.45. The molecule has 0 bridgehead atoms. The van der Waals surface area contributed by atoms with Crippen LogP contribution in [0.5, 0.6) is 0 Å². The minimum atomic E-state index is -0.641. The lowest BCUT2D eigenvalue weighted by atomic mass is 10.3. The first-order valence-corrected chi connectivity index (χ1v) is 3.36. The van der Waals surface area contributed by atoms with E-state index in [-0.39, 0.29) is 5.69 Å². The molecule has 0 fully saturated rings. The van der Waals surface area contributed by atoms with E-state index in [9.17, 15) is 9.18 Å². The molecule has 0 saturated carbocycles. The Kier molecular flexibility index (Phi) is 2.38. The second-order valence-electron chi connectivity index (χ2n) is 2.30. The highest BCUT2D eigenvalue weighted by Gasteiger charge is 2.08. The van der Waals surface area contributed by atoms with Crippen LogP contribution in [0.2, 0.25) is 0 Å². The number of ether oxygens (including phenoxy) is 1. The summed E-state index contributed by atoms with van der Waals surface area (Å²) in [6.07, 6.45) is 0. The van der Waals surface area contributed by atoms with E-state index in [1.807, 2.05) is 0 Å². The number of aromatic nitrogens is 1. The van der Waals surface area contributed by atoms with Gasteiger partial charge in [-0.1, -0.05) is 6.07 Å². The topological polar surface area (TPSA) is 39.2 Å². The number of esters is 1. The summed E-state index contributed by atoms with van der Waals surface area (Å²) in [6.45, 7) is 1.57. The van der Waals surface area contributed by atoms with Gasteiger partial charge < -0.3 is 4.74 Å². The van der Waals surface area contributed by atoms with Crippen LogP contribution in [0.3, 0.4) is 0 Å². The molecule has 0 aliphatic heterocycles. The Bertz CT molecular complexity index is 312. The van der Waals surface area contributed by atoms with Gasteiger partial charge in [0.05, 0.1) is 7.11 Å². The Morgan fingerprint density at radius 3 is 2.75 bits per heavy atom.